The molecule has 0 bridgehead atoms. The molecule has 10 nitrogen and oxygen atoms in total. The summed E-state index contributed by atoms with van der Waals surface area (Å²) in [6, 6.07) is 10.3. The number of fused-ring (bicyclic) bond motifs is 1. The third kappa shape index (κ3) is 4.56. The van der Waals surface area contributed by atoms with Gasteiger partial charge in [-0.2, -0.15) is 0 Å². The minimum Gasteiger partial charge on any atom is -0.497 e. The molecule has 3 aliphatic heterocycles. The quantitative estimate of drug-likeness (QED) is 0.638. The number of likely N-dealkylation sites (N-methyl/N-ethyl adjacent to an activating group) is 2. The van der Waals surface area contributed by atoms with Gasteiger partial charge >= 0.3 is 6.03 Å². The van der Waals surface area contributed by atoms with Crippen molar-refractivity contribution >= 4 is 34.9 Å². The van der Waals surface area contributed by atoms with E-state index in [1.807, 2.05) is 12.1 Å². The van der Waals surface area contributed by atoms with Crippen LogP contribution < -0.4 is 24.6 Å². The van der Waals surface area contributed by atoms with Crippen molar-refractivity contribution in [1.82, 2.24) is 9.80 Å². The number of carbonyl (C=O) groups excluding carboxylic acids is 3. The van der Waals surface area contributed by atoms with E-state index in [-0.39, 0.29) is 24.4 Å². The van der Waals surface area contributed by atoms with Crippen LogP contribution in [0.5, 0.6) is 11.5 Å². The molecule has 4 amide bonds. The van der Waals surface area contributed by atoms with E-state index in [0.29, 0.717) is 24.2 Å². The maximum atomic E-state index is 13.1. The van der Waals surface area contributed by atoms with Crippen molar-refractivity contribution in [2.45, 2.75) is 18.9 Å². The lowest BCUT2D eigenvalue weighted by Gasteiger charge is -2.37. The number of hydrogen-bond acceptors (Lipinski definition) is 7. The number of carbonyl (C=O) groups is 3. The third-order valence-corrected chi connectivity index (χ3v) is 6.96. The highest BCUT2D eigenvalue weighted by Crippen LogP contribution is 2.41. The first-order valence-corrected chi connectivity index (χ1v) is 12.1. The van der Waals surface area contributed by atoms with Gasteiger partial charge in [0.15, 0.2) is 6.10 Å². The molecule has 2 aromatic carbocycles. The molecule has 2 fully saturated rings. The molecule has 0 saturated carbocycles. The Hall–Kier alpha value is -3.79. The second kappa shape index (κ2) is 9.69. The minimum absolute atomic E-state index is 0.0554. The third-order valence-electron chi connectivity index (χ3n) is 6.96. The van der Waals surface area contributed by atoms with E-state index in [9.17, 15) is 14.4 Å². The molecule has 0 aliphatic carbocycles. The molecule has 3 heterocycles. The van der Waals surface area contributed by atoms with Crippen LogP contribution in [0.25, 0.3) is 0 Å². The molecule has 0 aromatic heterocycles. The molecule has 0 spiro atoms. The SMILES string of the molecule is COc1cc2c(c(N3CCN(C)CC3)c1)OC(C(=O)Nc1ccc(N3C(=O)CN(C)C3=O)cc1)CC2. The molecule has 5 rings (SSSR count). The maximum absolute atomic E-state index is 13.1. The van der Waals surface area contributed by atoms with Gasteiger partial charge < -0.3 is 29.5 Å². The van der Waals surface area contributed by atoms with E-state index in [1.54, 1.807) is 38.4 Å². The highest BCUT2D eigenvalue weighted by atomic mass is 16.5. The fourth-order valence-corrected chi connectivity index (χ4v) is 4.83. The van der Waals surface area contributed by atoms with E-state index >= 15 is 0 Å². The number of urea groups is 1. The zero-order chi connectivity index (χ0) is 25.4. The van der Waals surface area contributed by atoms with Gasteiger partial charge in [-0.1, -0.05) is 0 Å². The molecule has 10 heteroatoms. The van der Waals surface area contributed by atoms with E-state index in [4.69, 9.17) is 9.47 Å². The number of aryl methyl sites for hydroxylation is 1. The van der Waals surface area contributed by atoms with Crippen LogP contribution in [0, 0.1) is 0 Å². The monoisotopic (exact) mass is 493 g/mol. The van der Waals surface area contributed by atoms with Crippen molar-refractivity contribution < 1.29 is 23.9 Å². The molecular weight excluding hydrogens is 462 g/mol. The average Bonchev–Trinajstić information content (AvgIpc) is 3.14. The van der Waals surface area contributed by atoms with Gasteiger partial charge in [-0.25, -0.2) is 9.69 Å². The van der Waals surface area contributed by atoms with Crippen LogP contribution in [0.15, 0.2) is 36.4 Å². The van der Waals surface area contributed by atoms with E-state index < -0.39 is 6.10 Å². The Morgan fingerprint density at radius 3 is 2.42 bits per heavy atom. The normalized spacial score (nSPS) is 20.3. The highest BCUT2D eigenvalue weighted by Gasteiger charge is 2.35. The molecule has 1 unspecified atom stereocenters. The highest BCUT2D eigenvalue weighted by molar-refractivity contribution is 6.19. The summed E-state index contributed by atoms with van der Waals surface area (Å²) >= 11 is 0. The molecule has 1 atom stereocenters. The number of anilines is 3. The number of rotatable bonds is 5. The lowest BCUT2D eigenvalue weighted by Crippen LogP contribution is -2.45. The minimum atomic E-state index is -0.632. The van der Waals surface area contributed by atoms with Crippen LogP contribution in [-0.4, -0.2) is 87.7 Å². The van der Waals surface area contributed by atoms with Gasteiger partial charge in [0.05, 0.1) is 18.5 Å². The van der Waals surface area contributed by atoms with Crippen molar-refractivity contribution in [1.29, 1.82) is 0 Å². The molecule has 3 aliphatic rings. The fraction of sp³-hybridized carbons (Fsp3) is 0.423. The number of methoxy groups -OCH3 is 1. The summed E-state index contributed by atoms with van der Waals surface area (Å²) in [7, 11) is 5.36. The molecular formula is C26H31N5O5. The Kier molecular flexibility index (Phi) is 6.44. The van der Waals surface area contributed by atoms with Gasteiger partial charge in [-0.05, 0) is 50.2 Å². The van der Waals surface area contributed by atoms with Crippen LogP contribution in [0.4, 0.5) is 21.9 Å². The van der Waals surface area contributed by atoms with Crippen molar-refractivity contribution in [2.75, 3.05) is 69.0 Å². The number of nitrogens with one attached hydrogen (secondary N) is 1. The number of ether oxygens (including phenoxy) is 2. The van der Waals surface area contributed by atoms with Crippen LogP contribution in [0.1, 0.15) is 12.0 Å². The second-order valence-corrected chi connectivity index (χ2v) is 9.47. The van der Waals surface area contributed by atoms with Crippen molar-refractivity contribution in [3.8, 4) is 11.5 Å². The first-order valence-electron chi connectivity index (χ1n) is 12.1. The summed E-state index contributed by atoms with van der Waals surface area (Å²) in [6.45, 7) is 3.72. The number of imide groups is 1. The second-order valence-electron chi connectivity index (χ2n) is 9.47. The lowest BCUT2D eigenvalue weighted by atomic mass is 9.99. The molecule has 36 heavy (non-hydrogen) atoms. The summed E-state index contributed by atoms with van der Waals surface area (Å²) < 4.78 is 11.8. The Balaban J connectivity index is 1.30. The largest absolute Gasteiger partial charge is 0.497 e. The van der Waals surface area contributed by atoms with Gasteiger partial charge in [0.2, 0.25) is 0 Å². The van der Waals surface area contributed by atoms with Gasteiger partial charge in [0.1, 0.15) is 18.0 Å². The topological polar surface area (TPSA) is 94.7 Å². The zero-order valence-corrected chi connectivity index (χ0v) is 20.8. The Bertz CT molecular complexity index is 1180. The van der Waals surface area contributed by atoms with Gasteiger partial charge in [0, 0.05) is 50.5 Å². The number of hydrogen-bond donors (Lipinski definition) is 1. The summed E-state index contributed by atoms with van der Waals surface area (Å²) in [4.78, 5) is 44.5. The number of benzene rings is 2. The predicted octanol–water partition coefficient (Wildman–Crippen LogP) is 2.18. The summed E-state index contributed by atoms with van der Waals surface area (Å²) in [5.74, 6) is 1.02. The molecule has 1 N–H and O–H groups in total. The molecule has 190 valence electrons. The van der Waals surface area contributed by atoms with Crippen molar-refractivity contribution in [3.63, 3.8) is 0 Å². The van der Waals surface area contributed by atoms with Crippen LogP contribution in [-0.2, 0) is 16.0 Å². The zero-order valence-electron chi connectivity index (χ0n) is 20.8. The van der Waals surface area contributed by atoms with Crippen LogP contribution in [0.3, 0.4) is 0 Å². The lowest BCUT2D eigenvalue weighted by molar-refractivity contribution is -0.123. The number of nitrogens with zero attached hydrogens (tertiary/aromatic N) is 4. The van der Waals surface area contributed by atoms with Crippen LogP contribution >= 0.6 is 0 Å². The number of amides is 4. The first kappa shape index (κ1) is 23.9. The van der Waals surface area contributed by atoms with Crippen molar-refractivity contribution in [3.05, 3.63) is 42.0 Å². The summed E-state index contributed by atoms with van der Waals surface area (Å²) in [5, 5.41) is 2.91. The van der Waals surface area contributed by atoms with Crippen molar-refractivity contribution in [2.24, 2.45) is 0 Å². The average molecular weight is 494 g/mol. The standard InChI is InChI=1S/C26H31N5O5/c1-28-10-12-30(13-11-28)21-15-20(35-3)14-17-4-9-22(36-24(17)21)25(33)27-18-5-7-19(8-6-18)31-23(32)16-29(2)26(31)34/h5-8,14-15,22H,4,9-13,16H2,1-3H3,(H,27,33). The summed E-state index contributed by atoms with van der Waals surface area (Å²) in [5.41, 5.74) is 3.05. The Morgan fingerprint density at radius 1 is 1.06 bits per heavy atom. The van der Waals surface area contributed by atoms with Crippen LogP contribution in [0.2, 0.25) is 0 Å². The number of piperazine rings is 1. The Morgan fingerprint density at radius 2 is 1.78 bits per heavy atom. The van der Waals surface area contributed by atoms with E-state index in [1.165, 1.54) is 4.90 Å². The smallest absolute Gasteiger partial charge is 0.331 e. The fourth-order valence-electron chi connectivity index (χ4n) is 4.83. The summed E-state index contributed by atoms with van der Waals surface area (Å²) in [6.07, 6.45) is 0.624. The Labute approximate surface area is 210 Å². The van der Waals surface area contributed by atoms with Gasteiger partial charge in [-0.15, -0.1) is 0 Å². The van der Waals surface area contributed by atoms with E-state index in [2.05, 4.69) is 22.2 Å². The maximum Gasteiger partial charge on any atom is 0.331 e. The first-order chi connectivity index (χ1) is 17.3. The predicted molar refractivity (Wildman–Crippen MR) is 136 cm³/mol. The van der Waals surface area contributed by atoms with Gasteiger partial charge in [-0.3, -0.25) is 9.59 Å². The van der Waals surface area contributed by atoms with E-state index in [0.717, 1.165) is 53.8 Å². The molecule has 0 radical (unpaired) electrons. The molecule has 2 saturated heterocycles. The molecule has 2 aromatic rings. The van der Waals surface area contributed by atoms with Gasteiger partial charge in [0.25, 0.3) is 11.8 Å².